The van der Waals surface area contributed by atoms with Gasteiger partial charge in [-0.15, -0.1) is 0 Å². The van der Waals surface area contributed by atoms with Crippen LogP contribution in [0.15, 0.2) is 79.0 Å². The molecule has 156 valence electrons. The molecule has 0 atom stereocenters. The van der Waals surface area contributed by atoms with Gasteiger partial charge >= 0.3 is 0 Å². The number of aryl methyl sites for hydroxylation is 2. The lowest BCUT2D eigenvalue weighted by atomic mass is 9.88. The Hall–Kier alpha value is -3.39. The summed E-state index contributed by atoms with van der Waals surface area (Å²) in [5, 5.41) is 0. The molecule has 31 heavy (non-hydrogen) atoms. The van der Waals surface area contributed by atoms with E-state index in [0.717, 1.165) is 24.3 Å². The van der Waals surface area contributed by atoms with E-state index in [9.17, 15) is 0 Å². The summed E-state index contributed by atoms with van der Waals surface area (Å²) in [6, 6.07) is 25.6. The summed E-state index contributed by atoms with van der Waals surface area (Å²) in [5.74, 6) is 0.875. The molecule has 4 rings (SSSR count). The van der Waals surface area contributed by atoms with Crippen LogP contribution in [0.3, 0.4) is 0 Å². The quantitative estimate of drug-likeness (QED) is 0.348. The molecule has 0 aliphatic carbocycles. The second kappa shape index (κ2) is 9.18. The van der Waals surface area contributed by atoms with Crippen LogP contribution in [0.1, 0.15) is 39.1 Å². The zero-order valence-electron chi connectivity index (χ0n) is 18.8. The molecule has 1 heterocycles. The first-order valence-electron chi connectivity index (χ1n) is 10.8. The van der Waals surface area contributed by atoms with Gasteiger partial charge < -0.3 is 4.74 Å². The van der Waals surface area contributed by atoms with Crippen molar-refractivity contribution in [3.63, 3.8) is 0 Å². The van der Waals surface area contributed by atoms with Crippen molar-refractivity contribution in [2.45, 2.75) is 33.6 Å². The van der Waals surface area contributed by atoms with Gasteiger partial charge in [-0.25, -0.2) is 0 Å². The van der Waals surface area contributed by atoms with E-state index in [-0.39, 0.29) is 0 Å². The first-order valence-corrected chi connectivity index (χ1v) is 10.8. The molecule has 3 aromatic carbocycles. The first kappa shape index (κ1) is 20.9. The molecule has 0 N–H and O–H groups in total. The molecule has 2 heteroatoms. The van der Waals surface area contributed by atoms with Crippen LogP contribution in [0.5, 0.6) is 5.75 Å². The fourth-order valence-electron chi connectivity index (χ4n) is 4.22. The number of rotatable bonds is 6. The number of aromatic nitrogens is 1. The predicted octanol–water partition coefficient (Wildman–Crippen LogP) is 6.86. The summed E-state index contributed by atoms with van der Waals surface area (Å²) in [6.45, 7) is 6.66. The van der Waals surface area contributed by atoms with Gasteiger partial charge in [0.25, 0.3) is 0 Å². The Labute approximate surface area is 185 Å². The van der Waals surface area contributed by atoms with Crippen molar-refractivity contribution >= 4 is 0 Å². The van der Waals surface area contributed by atoms with E-state index in [2.05, 4.69) is 75.4 Å². The number of methoxy groups -OCH3 is 1. The van der Waals surface area contributed by atoms with Crippen molar-refractivity contribution in [2.24, 2.45) is 0 Å². The third-order valence-corrected chi connectivity index (χ3v) is 6.17. The minimum Gasteiger partial charge on any atom is -0.497 e. The van der Waals surface area contributed by atoms with Crippen molar-refractivity contribution in [3.8, 4) is 16.9 Å². The summed E-state index contributed by atoms with van der Waals surface area (Å²) in [6.07, 6.45) is 3.63. The Kier molecular flexibility index (Phi) is 6.18. The lowest BCUT2D eigenvalue weighted by Gasteiger charge is -2.18. The van der Waals surface area contributed by atoms with Gasteiger partial charge in [0, 0.05) is 18.2 Å². The zero-order valence-corrected chi connectivity index (χ0v) is 18.8. The monoisotopic (exact) mass is 407 g/mol. The number of ether oxygens (including phenoxy) is 1. The Bertz CT molecular complexity index is 1190. The van der Waals surface area contributed by atoms with E-state index in [1.165, 1.54) is 44.5 Å². The molecule has 0 saturated heterocycles. The second-order valence-electron chi connectivity index (χ2n) is 8.16. The Morgan fingerprint density at radius 3 is 2.23 bits per heavy atom. The number of pyridine rings is 1. The van der Waals surface area contributed by atoms with Crippen LogP contribution in [-0.2, 0) is 12.8 Å². The SMILES string of the molecule is COc1ccc(Cc2ncccc2-c2ccc(C)c(Cc3ccccc3C)c2C)cc1. The van der Waals surface area contributed by atoms with Crippen molar-refractivity contribution in [2.75, 3.05) is 7.11 Å². The van der Waals surface area contributed by atoms with Crippen molar-refractivity contribution < 1.29 is 4.74 Å². The lowest BCUT2D eigenvalue weighted by molar-refractivity contribution is 0.414. The highest BCUT2D eigenvalue weighted by Gasteiger charge is 2.14. The van der Waals surface area contributed by atoms with Crippen molar-refractivity contribution in [1.82, 2.24) is 4.98 Å². The first-order chi connectivity index (χ1) is 15.1. The highest BCUT2D eigenvalue weighted by molar-refractivity contribution is 5.72. The second-order valence-corrected chi connectivity index (χ2v) is 8.16. The Morgan fingerprint density at radius 2 is 1.48 bits per heavy atom. The molecule has 0 aliphatic rings. The van der Waals surface area contributed by atoms with E-state index in [0.29, 0.717) is 0 Å². The minimum atomic E-state index is 0.792. The number of hydrogen-bond acceptors (Lipinski definition) is 2. The molecule has 0 unspecified atom stereocenters. The average molecular weight is 408 g/mol. The molecule has 0 fully saturated rings. The third kappa shape index (κ3) is 4.54. The minimum absolute atomic E-state index is 0.792. The van der Waals surface area contributed by atoms with Crippen LogP contribution < -0.4 is 4.74 Å². The van der Waals surface area contributed by atoms with E-state index in [4.69, 9.17) is 9.72 Å². The predicted molar refractivity (Wildman–Crippen MR) is 129 cm³/mol. The Balaban J connectivity index is 1.72. The van der Waals surface area contributed by atoms with Crippen LogP contribution in [0.4, 0.5) is 0 Å². The van der Waals surface area contributed by atoms with Gasteiger partial charge in [-0.3, -0.25) is 4.98 Å². The van der Waals surface area contributed by atoms with Crippen molar-refractivity contribution in [3.05, 3.63) is 118 Å². The van der Waals surface area contributed by atoms with Gasteiger partial charge in [0.2, 0.25) is 0 Å². The standard InChI is InChI=1S/C29H29NO/c1-20-8-5-6-9-24(20)19-28-21(2)11-16-26(22(28)3)27-10-7-17-30-29(27)18-23-12-14-25(31-4)15-13-23/h5-17H,18-19H2,1-4H3. The van der Waals surface area contributed by atoms with Crippen LogP contribution in [-0.4, -0.2) is 12.1 Å². The van der Waals surface area contributed by atoms with Crippen LogP contribution in [0.2, 0.25) is 0 Å². The average Bonchev–Trinajstić information content (AvgIpc) is 2.79. The fraction of sp³-hybridized carbons (Fsp3) is 0.207. The van der Waals surface area contributed by atoms with Gasteiger partial charge in [0.05, 0.1) is 12.8 Å². The van der Waals surface area contributed by atoms with Gasteiger partial charge in [0.15, 0.2) is 0 Å². The van der Waals surface area contributed by atoms with Gasteiger partial charge in [-0.1, -0.05) is 54.6 Å². The van der Waals surface area contributed by atoms with E-state index < -0.39 is 0 Å². The highest BCUT2D eigenvalue weighted by Crippen LogP contribution is 2.32. The van der Waals surface area contributed by atoms with Gasteiger partial charge in [-0.2, -0.15) is 0 Å². The third-order valence-electron chi connectivity index (χ3n) is 6.17. The highest BCUT2D eigenvalue weighted by atomic mass is 16.5. The zero-order chi connectivity index (χ0) is 21.8. The maximum Gasteiger partial charge on any atom is 0.118 e. The van der Waals surface area contributed by atoms with E-state index in [1.54, 1.807) is 7.11 Å². The molecule has 0 saturated carbocycles. The molecule has 0 spiro atoms. The van der Waals surface area contributed by atoms with Gasteiger partial charge in [0.1, 0.15) is 5.75 Å². The maximum absolute atomic E-state index is 5.29. The van der Waals surface area contributed by atoms with E-state index in [1.807, 2.05) is 24.4 Å². The maximum atomic E-state index is 5.29. The normalized spacial score (nSPS) is 10.8. The van der Waals surface area contributed by atoms with Crippen molar-refractivity contribution in [1.29, 1.82) is 0 Å². The van der Waals surface area contributed by atoms with Gasteiger partial charge in [-0.05, 0) is 84.3 Å². The topological polar surface area (TPSA) is 22.1 Å². The van der Waals surface area contributed by atoms with E-state index >= 15 is 0 Å². The summed E-state index contributed by atoms with van der Waals surface area (Å²) < 4.78 is 5.29. The molecule has 0 amide bonds. The number of hydrogen-bond donors (Lipinski definition) is 0. The number of benzene rings is 3. The van der Waals surface area contributed by atoms with Crippen LogP contribution in [0.25, 0.3) is 11.1 Å². The van der Waals surface area contributed by atoms with Crippen LogP contribution >= 0.6 is 0 Å². The Morgan fingerprint density at radius 1 is 0.710 bits per heavy atom. The molecular formula is C29H29NO. The molecular weight excluding hydrogens is 378 g/mol. The smallest absolute Gasteiger partial charge is 0.118 e. The summed E-state index contributed by atoms with van der Waals surface area (Å²) in [7, 11) is 1.69. The summed E-state index contributed by atoms with van der Waals surface area (Å²) in [5.41, 5.74) is 11.6. The largest absolute Gasteiger partial charge is 0.497 e. The molecule has 0 radical (unpaired) electrons. The molecule has 1 aromatic heterocycles. The summed E-state index contributed by atoms with van der Waals surface area (Å²) in [4.78, 5) is 4.75. The molecule has 2 nitrogen and oxygen atoms in total. The lowest BCUT2D eigenvalue weighted by Crippen LogP contribution is -2.02. The number of nitrogens with zero attached hydrogens (tertiary/aromatic N) is 1. The summed E-state index contributed by atoms with van der Waals surface area (Å²) >= 11 is 0. The molecule has 0 aliphatic heterocycles. The molecule has 4 aromatic rings. The van der Waals surface area contributed by atoms with Crippen LogP contribution in [0, 0.1) is 20.8 Å². The fourth-order valence-corrected chi connectivity index (χ4v) is 4.22. The molecule has 0 bridgehead atoms.